The Morgan fingerprint density at radius 3 is 2.09 bits per heavy atom. The molecule has 35 heavy (non-hydrogen) atoms. The number of carbonyl (C=O) groups excluding carboxylic acids is 2. The number of nitriles is 1. The minimum absolute atomic E-state index is 0.0175. The summed E-state index contributed by atoms with van der Waals surface area (Å²) in [5.41, 5.74) is 0.692. The lowest BCUT2D eigenvalue weighted by molar-refractivity contribution is -0.130. The van der Waals surface area contributed by atoms with E-state index < -0.39 is 5.97 Å². The Morgan fingerprint density at radius 1 is 0.914 bits per heavy atom. The molecular weight excluding hydrogens is 456 g/mol. The van der Waals surface area contributed by atoms with Crippen molar-refractivity contribution in [3.8, 4) is 34.8 Å². The average molecular weight is 482 g/mol. The maximum Gasteiger partial charge on any atom is 0.343 e. The fourth-order valence-electron chi connectivity index (χ4n) is 3.46. The van der Waals surface area contributed by atoms with Crippen LogP contribution in [0, 0.1) is 11.3 Å². The van der Waals surface area contributed by atoms with Gasteiger partial charge in [0, 0.05) is 13.1 Å². The molecule has 10 heteroatoms. The Kier molecular flexibility index (Phi) is 8.53. The highest BCUT2D eigenvalue weighted by molar-refractivity contribution is 6.01. The van der Waals surface area contributed by atoms with Gasteiger partial charge < -0.3 is 33.3 Å². The summed E-state index contributed by atoms with van der Waals surface area (Å²) < 4.78 is 32.0. The number of hydrogen-bond acceptors (Lipinski definition) is 9. The topological polar surface area (TPSA) is 117 Å². The minimum atomic E-state index is -0.675. The van der Waals surface area contributed by atoms with Crippen LogP contribution in [-0.4, -0.2) is 71.5 Å². The van der Waals surface area contributed by atoms with E-state index >= 15 is 0 Å². The highest BCUT2D eigenvalue weighted by atomic mass is 16.6. The number of rotatable bonds is 8. The van der Waals surface area contributed by atoms with Gasteiger partial charge in [-0.05, 0) is 35.9 Å². The molecule has 0 N–H and O–H groups in total. The summed E-state index contributed by atoms with van der Waals surface area (Å²) in [7, 11) is 5.77. The van der Waals surface area contributed by atoms with Crippen molar-refractivity contribution in [2.45, 2.75) is 0 Å². The van der Waals surface area contributed by atoms with Gasteiger partial charge >= 0.3 is 5.97 Å². The maximum absolute atomic E-state index is 12.8. The van der Waals surface area contributed by atoms with Crippen LogP contribution in [0.4, 0.5) is 0 Å². The quantitative estimate of drug-likeness (QED) is 0.242. The van der Waals surface area contributed by atoms with Gasteiger partial charge in [-0.1, -0.05) is 6.07 Å². The minimum Gasteiger partial charge on any atom is -0.493 e. The molecule has 0 bridgehead atoms. The highest BCUT2D eigenvalue weighted by Crippen LogP contribution is 2.39. The SMILES string of the molecule is COc1cc(/C=C(\C#N)C(=O)N2CCOCC2)ccc1OC(=O)c1cc(OC)c(OC)c(OC)c1. The van der Waals surface area contributed by atoms with Crippen molar-refractivity contribution in [1.82, 2.24) is 4.90 Å². The summed E-state index contributed by atoms with van der Waals surface area (Å²) in [5, 5.41) is 9.51. The number of esters is 1. The second-order valence-electron chi connectivity index (χ2n) is 7.29. The number of morpholine rings is 1. The van der Waals surface area contributed by atoms with Crippen molar-refractivity contribution in [1.29, 1.82) is 5.26 Å². The zero-order valence-corrected chi connectivity index (χ0v) is 20.0. The van der Waals surface area contributed by atoms with E-state index in [4.69, 9.17) is 28.4 Å². The monoisotopic (exact) mass is 482 g/mol. The molecule has 0 atom stereocenters. The molecule has 0 spiro atoms. The number of hydrogen-bond donors (Lipinski definition) is 0. The van der Waals surface area contributed by atoms with Crippen LogP contribution in [0.15, 0.2) is 35.9 Å². The Hall–Kier alpha value is -4.23. The first kappa shape index (κ1) is 25.4. The molecule has 1 amide bonds. The van der Waals surface area contributed by atoms with Crippen molar-refractivity contribution in [3.05, 3.63) is 47.0 Å². The van der Waals surface area contributed by atoms with Crippen molar-refractivity contribution in [3.63, 3.8) is 0 Å². The molecule has 3 rings (SSSR count). The molecule has 0 aliphatic carbocycles. The normalized spacial score (nSPS) is 13.5. The van der Waals surface area contributed by atoms with E-state index in [2.05, 4.69) is 0 Å². The zero-order chi connectivity index (χ0) is 25.4. The first-order valence-electron chi connectivity index (χ1n) is 10.6. The molecule has 10 nitrogen and oxygen atoms in total. The summed E-state index contributed by atoms with van der Waals surface area (Å²) >= 11 is 0. The molecule has 1 aliphatic rings. The summed E-state index contributed by atoms with van der Waals surface area (Å²) in [6.45, 7) is 1.72. The smallest absolute Gasteiger partial charge is 0.343 e. The number of benzene rings is 2. The van der Waals surface area contributed by atoms with E-state index in [1.165, 1.54) is 52.7 Å². The standard InChI is InChI=1S/C25H26N2O8/c1-30-20-12-16(11-18(15-26)24(28)27-7-9-34-10-8-27)5-6-19(20)35-25(29)17-13-21(31-2)23(33-4)22(14-17)32-3/h5-6,11-14H,7-10H2,1-4H3/b18-11+. The largest absolute Gasteiger partial charge is 0.493 e. The average Bonchev–Trinajstić information content (AvgIpc) is 2.91. The molecule has 1 fully saturated rings. The summed E-state index contributed by atoms with van der Waals surface area (Å²) in [5.74, 6) is 0.316. The van der Waals surface area contributed by atoms with Gasteiger partial charge in [0.15, 0.2) is 23.0 Å². The molecule has 0 unspecified atom stereocenters. The third-order valence-electron chi connectivity index (χ3n) is 5.25. The van der Waals surface area contributed by atoms with Crippen LogP contribution < -0.4 is 23.7 Å². The van der Waals surface area contributed by atoms with Crippen molar-refractivity contribution >= 4 is 18.0 Å². The highest BCUT2D eigenvalue weighted by Gasteiger charge is 2.22. The predicted molar refractivity (Wildman–Crippen MR) is 125 cm³/mol. The molecule has 0 radical (unpaired) electrons. The Bertz CT molecular complexity index is 1140. The number of amides is 1. The Morgan fingerprint density at radius 2 is 1.54 bits per heavy atom. The van der Waals surface area contributed by atoms with E-state index in [0.717, 1.165) is 0 Å². The fraction of sp³-hybridized carbons (Fsp3) is 0.320. The first-order valence-corrected chi connectivity index (χ1v) is 10.6. The second kappa shape index (κ2) is 11.8. The lowest BCUT2D eigenvalue weighted by Crippen LogP contribution is -2.41. The lowest BCUT2D eigenvalue weighted by Gasteiger charge is -2.26. The predicted octanol–water partition coefficient (Wildman–Crippen LogP) is 2.71. The molecule has 1 aliphatic heterocycles. The molecule has 0 aromatic heterocycles. The van der Waals surface area contributed by atoms with E-state index in [9.17, 15) is 14.9 Å². The summed E-state index contributed by atoms with van der Waals surface area (Å²) in [6, 6.07) is 9.61. The van der Waals surface area contributed by atoms with Crippen LogP contribution >= 0.6 is 0 Å². The Labute approximate surface area is 203 Å². The van der Waals surface area contributed by atoms with Crippen LogP contribution in [-0.2, 0) is 9.53 Å². The molecule has 184 valence electrons. The molecular formula is C25H26N2O8. The Balaban J connectivity index is 1.84. The van der Waals surface area contributed by atoms with Gasteiger partial charge in [0.1, 0.15) is 11.6 Å². The van der Waals surface area contributed by atoms with Crippen molar-refractivity contribution < 1.29 is 38.0 Å². The lowest BCUT2D eigenvalue weighted by atomic mass is 10.1. The van der Waals surface area contributed by atoms with Gasteiger partial charge in [-0.25, -0.2) is 4.79 Å². The molecule has 2 aromatic carbocycles. The number of carbonyl (C=O) groups is 2. The number of methoxy groups -OCH3 is 4. The molecule has 1 heterocycles. The van der Waals surface area contributed by atoms with Gasteiger partial charge in [0.25, 0.3) is 5.91 Å². The van der Waals surface area contributed by atoms with Crippen molar-refractivity contribution in [2.75, 3.05) is 54.7 Å². The van der Waals surface area contributed by atoms with Gasteiger partial charge in [-0.2, -0.15) is 5.26 Å². The van der Waals surface area contributed by atoms with E-state index in [1.54, 1.807) is 17.0 Å². The maximum atomic E-state index is 12.8. The third-order valence-corrected chi connectivity index (χ3v) is 5.25. The first-order chi connectivity index (χ1) is 16.9. The number of nitrogens with zero attached hydrogens (tertiary/aromatic N) is 2. The zero-order valence-electron chi connectivity index (χ0n) is 20.0. The second-order valence-corrected chi connectivity index (χ2v) is 7.29. The third kappa shape index (κ3) is 5.83. The van der Waals surface area contributed by atoms with E-state index in [-0.39, 0.29) is 28.5 Å². The summed E-state index contributed by atoms with van der Waals surface area (Å²) in [6.07, 6.45) is 1.46. The van der Waals surface area contributed by atoms with Crippen LogP contribution in [0.1, 0.15) is 15.9 Å². The van der Waals surface area contributed by atoms with E-state index in [1.807, 2.05) is 6.07 Å². The van der Waals surface area contributed by atoms with Crippen LogP contribution in [0.3, 0.4) is 0 Å². The van der Waals surface area contributed by atoms with E-state index in [0.29, 0.717) is 49.1 Å². The summed E-state index contributed by atoms with van der Waals surface area (Å²) in [4.78, 5) is 27.1. The van der Waals surface area contributed by atoms with Gasteiger partial charge in [0.05, 0.1) is 47.2 Å². The van der Waals surface area contributed by atoms with Crippen LogP contribution in [0.2, 0.25) is 0 Å². The van der Waals surface area contributed by atoms with Gasteiger partial charge in [0.2, 0.25) is 5.75 Å². The fourth-order valence-corrected chi connectivity index (χ4v) is 3.46. The molecule has 2 aromatic rings. The number of ether oxygens (including phenoxy) is 6. The van der Waals surface area contributed by atoms with Gasteiger partial charge in [-0.15, -0.1) is 0 Å². The molecule has 0 saturated carbocycles. The van der Waals surface area contributed by atoms with Crippen molar-refractivity contribution in [2.24, 2.45) is 0 Å². The van der Waals surface area contributed by atoms with Crippen LogP contribution in [0.25, 0.3) is 6.08 Å². The van der Waals surface area contributed by atoms with Crippen LogP contribution in [0.5, 0.6) is 28.7 Å². The van der Waals surface area contributed by atoms with Gasteiger partial charge in [-0.3, -0.25) is 4.79 Å². The molecule has 1 saturated heterocycles.